The number of hydrogen-bond donors (Lipinski definition) is 0. The Kier molecular flexibility index (Phi) is 4.31. The number of carbonyl (C=O) groups is 2. The molecule has 2 aromatic carbocycles. The normalized spacial score (nSPS) is 10.1. The lowest BCUT2D eigenvalue weighted by Gasteiger charge is -2.08. The highest BCUT2D eigenvalue weighted by molar-refractivity contribution is 6.01. The van der Waals surface area contributed by atoms with E-state index >= 15 is 0 Å². The van der Waals surface area contributed by atoms with Crippen molar-refractivity contribution in [1.82, 2.24) is 0 Å². The highest BCUT2D eigenvalue weighted by Gasteiger charge is 2.11. The lowest BCUT2D eigenvalue weighted by molar-refractivity contribution is 0.0526. The third-order valence-corrected chi connectivity index (χ3v) is 2.99. The molecule has 2 aromatic rings. The van der Waals surface area contributed by atoms with Gasteiger partial charge in [-0.05, 0) is 37.1 Å². The Balaban J connectivity index is 2.46. The maximum atomic E-state index is 11.8. The standard InChI is InChI=1S/C17H16O3/c1-3-20-17(19)14-8-6-7-13(11-14)16-10-5-4-9-15(16)12(2)18/h4-11H,3H2,1-2H3. The molecule has 3 nitrogen and oxygen atoms in total. The van der Waals surface area contributed by atoms with Crippen molar-refractivity contribution in [3.8, 4) is 11.1 Å². The summed E-state index contributed by atoms with van der Waals surface area (Å²) in [4.78, 5) is 23.4. The van der Waals surface area contributed by atoms with Gasteiger partial charge in [0, 0.05) is 5.56 Å². The summed E-state index contributed by atoms with van der Waals surface area (Å²) in [6.45, 7) is 3.65. The van der Waals surface area contributed by atoms with Crippen LogP contribution in [0.5, 0.6) is 0 Å². The van der Waals surface area contributed by atoms with Crippen LogP contribution in [0, 0.1) is 0 Å². The van der Waals surface area contributed by atoms with Crippen molar-refractivity contribution in [2.75, 3.05) is 6.61 Å². The molecule has 0 spiro atoms. The first kappa shape index (κ1) is 14.0. The highest BCUT2D eigenvalue weighted by Crippen LogP contribution is 2.25. The summed E-state index contributed by atoms with van der Waals surface area (Å²) >= 11 is 0. The molecule has 3 heteroatoms. The van der Waals surface area contributed by atoms with Crippen molar-refractivity contribution < 1.29 is 14.3 Å². The molecular weight excluding hydrogens is 252 g/mol. The molecule has 0 radical (unpaired) electrons. The summed E-state index contributed by atoms with van der Waals surface area (Å²) < 4.78 is 4.99. The van der Waals surface area contributed by atoms with Crippen LogP contribution in [0.3, 0.4) is 0 Å². The van der Waals surface area contributed by atoms with E-state index in [0.717, 1.165) is 11.1 Å². The van der Waals surface area contributed by atoms with Gasteiger partial charge in [0.25, 0.3) is 0 Å². The van der Waals surface area contributed by atoms with Gasteiger partial charge in [0.15, 0.2) is 5.78 Å². The molecule has 2 rings (SSSR count). The minimum Gasteiger partial charge on any atom is -0.462 e. The molecule has 0 unspecified atom stereocenters. The second kappa shape index (κ2) is 6.15. The van der Waals surface area contributed by atoms with Crippen molar-refractivity contribution in [3.63, 3.8) is 0 Å². The Hall–Kier alpha value is -2.42. The Morgan fingerprint density at radius 1 is 1.05 bits per heavy atom. The number of rotatable bonds is 4. The zero-order valence-corrected chi connectivity index (χ0v) is 11.6. The van der Waals surface area contributed by atoms with Crippen LogP contribution in [-0.2, 0) is 4.74 Å². The van der Waals surface area contributed by atoms with Gasteiger partial charge in [-0.2, -0.15) is 0 Å². The van der Waals surface area contributed by atoms with Gasteiger partial charge >= 0.3 is 5.97 Å². The van der Waals surface area contributed by atoms with Gasteiger partial charge in [-0.3, -0.25) is 4.79 Å². The van der Waals surface area contributed by atoms with Crippen molar-refractivity contribution in [2.45, 2.75) is 13.8 Å². The molecule has 0 atom stereocenters. The summed E-state index contributed by atoms with van der Waals surface area (Å²) in [6, 6.07) is 14.5. The molecule has 20 heavy (non-hydrogen) atoms. The molecule has 0 heterocycles. The largest absolute Gasteiger partial charge is 0.462 e. The van der Waals surface area contributed by atoms with E-state index in [-0.39, 0.29) is 11.8 Å². The molecule has 0 fully saturated rings. The Morgan fingerprint density at radius 2 is 1.80 bits per heavy atom. The van der Waals surface area contributed by atoms with Crippen molar-refractivity contribution >= 4 is 11.8 Å². The second-order valence-corrected chi connectivity index (χ2v) is 4.40. The lowest BCUT2D eigenvalue weighted by atomic mass is 9.96. The molecule has 0 bridgehead atoms. The molecule has 0 aliphatic carbocycles. The fraction of sp³-hybridized carbons (Fsp3) is 0.176. The molecule has 0 aromatic heterocycles. The number of carbonyl (C=O) groups excluding carboxylic acids is 2. The van der Waals surface area contributed by atoms with Crippen LogP contribution in [0.15, 0.2) is 48.5 Å². The van der Waals surface area contributed by atoms with E-state index in [9.17, 15) is 9.59 Å². The lowest BCUT2D eigenvalue weighted by Crippen LogP contribution is -2.04. The third-order valence-electron chi connectivity index (χ3n) is 2.99. The van der Waals surface area contributed by atoms with Crippen LogP contribution in [0.25, 0.3) is 11.1 Å². The Morgan fingerprint density at radius 3 is 2.50 bits per heavy atom. The monoisotopic (exact) mass is 268 g/mol. The predicted octanol–water partition coefficient (Wildman–Crippen LogP) is 3.73. The Labute approximate surface area is 118 Å². The van der Waals surface area contributed by atoms with Crippen LogP contribution in [-0.4, -0.2) is 18.4 Å². The molecule has 0 aliphatic heterocycles. The minimum absolute atomic E-state index is 0.00198. The van der Waals surface area contributed by atoms with Crippen LogP contribution in [0.1, 0.15) is 34.6 Å². The molecule has 102 valence electrons. The summed E-state index contributed by atoms with van der Waals surface area (Å²) in [6.07, 6.45) is 0. The fourth-order valence-corrected chi connectivity index (χ4v) is 2.07. The van der Waals surface area contributed by atoms with Crippen LogP contribution < -0.4 is 0 Å². The zero-order chi connectivity index (χ0) is 14.5. The van der Waals surface area contributed by atoms with E-state index in [1.165, 1.54) is 6.92 Å². The first-order chi connectivity index (χ1) is 9.63. The number of ether oxygens (including phenoxy) is 1. The molecule has 0 amide bonds. The van der Waals surface area contributed by atoms with Crippen molar-refractivity contribution in [3.05, 3.63) is 59.7 Å². The molecule has 0 N–H and O–H groups in total. The molecule has 0 aliphatic rings. The summed E-state index contributed by atoms with van der Waals surface area (Å²) in [5.41, 5.74) is 2.80. The predicted molar refractivity (Wildman–Crippen MR) is 77.8 cm³/mol. The topological polar surface area (TPSA) is 43.4 Å². The molecular formula is C17H16O3. The van der Waals surface area contributed by atoms with Gasteiger partial charge in [-0.1, -0.05) is 36.4 Å². The third kappa shape index (κ3) is 2.94. The smallest absolute Gasteiger partial charge is 0.338 e. The van der Waals surface area contributed by atoms with E-state index < -0.39 is 0 Å². The number of esters is 1. The maximum absolute atomic E-state index is 11.8. The average Bonchev–Trinajstić information content (AvgIpc) is 2.47. The fourth-order valence-electron chi connectivity index (χ4n) is 2.07. The second-order valence-electron chi connectivity index (χ2n) is 4.40. The molecule has 0 saturated carbocycles. The number of ketones is 1. The van der Waals surface area contributed by atoms with E-state index in [2.05, 4.69) is 0 Å². The van der Waals surface area contributed by atoms with Crippen LogP contribution in [0.2, 0.25) is 0 Å². The summed E-state index contributed by atoms with van der Waals surface area (Å²) in [5, 5.41) is 0. The van der Waals surface area contributed by atoms with Crippen molar-refractivity contribution in [1.29, 1.82) is 0 Å². The SMILES string of the molecule is CCOC(=O)c1cccc(-c2ccccc2C(C)=O)c1. The van der Waals surface area contributed by atoms with Gasteiger partial charge < -0.3 is 4.74 Å². The van der Waals surface area contributed by atoms with Gasteiger partial charge in [0.2, 0.25) is 0 Å². The van der Waals surface area contributed by atoms with Gasteiger partial charge in [-0.25, -0.2) is 4.79 Å². The van der Waals surface area contributed by atoms with Crippen LogP contribution in [0.4, 0.5) is 0 Å². The first-order valence-electron chi connectivity index (χ1n) is 6.51. The Bertz CT molecular complexity index is 644. The van der Waals surface area contributed by atoms with Gasteiger partial charge in [0.1, 0.15) is 0 Å². The van der Waals surface area contributed by atoms with Gasteiger partial charge in [-0.15, -0.1) is 0 Å². The van der Waals surface area contributed by atoms with E-state index in [1.807, 2.05) is 24.3 Å². The summed E-state index contributed by atoms with van der Waals surface area (Å²) in [7, 11) is 0. The zero-order valence-electron chi connectivity index (χ0n) is 11.6. The highest BCUT2D eigenvalue weighted by atomic mass is 16.5. The number of Topliss-reactive ketones (excluding diaryl/α,β-unsaturated/α-hetero) is 1. The van der Waals surface area contributed by atoms with Gasteiger partial charge in [0.05, 0.1) is 12.2 Å². The quantitative estimate of drug-likeness (QED) is 0.626. The van der Waals surface area contributed by atoms with E-state index in [1.54, 1.807) is 31.2 Å². The summed E-state index contributed by atoms with van der Waals surface area (Å²) in [5.74, 6) is -0.350. The molecule has 0 saturated heterocycles. The van der Waals surface area contributed by atoms with E-state index in [4.69, 9.17) is 4.74 Å². The average molecular weight is 268 g/mol. The van der Waals surface area contributed by atoms with Crippen LogP contribution >= 0.6 is 0 Å². The number of benzene rings is 2. The van der Waals surface area contributed by atoms with E-state index in [0.29, 0.717) is 17.7 Å². The minimum atomic E-state index is -0.352. The maximum Gasteiger partial charge on any atom is 0.338 e. The first-order valence-corrected chi connectivity index (χ1v) is 6.51. The van der Waals surface area contributed by atoms with Crippen molar-refractivity contribution in [2.24, 2.45) is 0 Å². The number of hydrogen-bond acceptors (Lipinski definition) is 3.